The molecule has 0 saturated heterocycles. The number of benzene rings is 1. The van der Waals surface area contributed by atoms with Gasteiger partial charge < -0.3 is 0 Å². The Labute approximate surface area is 83.2 Å². The van der Waals surface area contributed by atoms with E-state index in [-0.39, 0.29) is 5.78 Å². The summed E-state index contributed by atoms with van der Waals surface area (Å²) in [6.45, 7) is 2.01. The molecule has 1 aromatic carbocycles. The Morgan fingerprint density at radius 1 is 1.50 bits per heavy atom. The second-order valence-electron chi connectivity index (χ2n) is 3.69. The number of rotatable bonds is 0. The molecule has 0 spiro atoms. The van der Waals surface area contributed by atoms with Crippen molar-refractivity contribution in [2.45, 2.75) is 19.8 Å². The van der Waals surface area contributed by atoms with Crippen molar-refractivity contribution < 1.29 is 4.79 Å². The zero-order valence-corrected chi connectivity index (χ0v) is 8.08. The molecule has 1 aliphatic carbocycles. The van der Waals surface area contributed by atoms with Crippen molar-refractivity contribution in [3.8, 4) is 6.07 Å². The number of fused-ring (bicyclic) bond motifs is 1. The Morgan fingerprint density at radius 3 is 3.00 bits per heavy atom. The van der Waals surface area contributed by atoms with Crippen LogP contribution >= 0.6 is 0 Å². The maximum Gasteiger partial charge on any atom is 0.180 e. The fourth-order valence-electron chi connectivity index (χ4n) is 2.00. The SMILES string of the molecule is Cc1cccc2c1CCC(C#N)C2=O. The number of hydrogen-bond donors (Lipinski definition) is 0. The van der Waals surface area contributed by atoms with E-state index in [0.29, 0.717) is 6.42 Å². The van der Waals surface area contributed by atoms with Gasteiger partial charge in [-0.3, -0.25) is 4.79 Å². The third kappa shape index (κ3) is 1.22. The average molecular weight is 185 g/mol. The van der Waals surface area contributed by atoms with E-state index in [9.17, 15) is 4.79 Å². The van der Waals surface area contributed by atoms with Gasteiger partial charge in [0.05, 0.1) is 6.07 Å². The average Bonchev–Trinajstić information content (AvgIpc) is 2.20. The van der Waals surface area contributed by atoms with Gasteiger partial charge >= 0.3 is 0 Å². The highest BCUT2D eigenvalue weighted by molar-refractivity contribution is 6.01. The summed E-state index contributed by atoms with van der Waals surface area (Å²) in [4.78, 5) is 11.8. The predicted molar refractivity (Wildman–Crippen MR) is 52.9 cm³/mol. The van der Waals surface area contributed by atoms with E-state index in [1.807, 2.05) is 25.1 Å². The van der Waals surface area contributed by atoms with Crippen LogP contribution in [0.4, 0.5) is 0 Å². The molecule has 0 fully saturated rings. The smallest absolute Gasteiger partial charge is 0.180 e. The minimum atomic E-state index is -0.427. The molecule has 2 nitrogen and oxygen atoms in total. The molecule has 0 aliphatic heterocycles. The Balaban J connectivity index is 2.53. The van der Waals surface area contributed by atoms with Gasteiger partial charge in [0.25, 0.3) is 0 Å². The van der Waals surface area contributed by atoms with Crippen LogP contribution in [0.25, 0.3) is 0 Å². The lowest BCUT2D eigenvalue weighted by atomic mass is 9.82. The van der Waals surface area contributed by atoms with Crippen LogP contribution < -0.4 is 0 Å². The summed E-state index contributed by atoms with van der Waals surface area (Å²) in [7, 11) is 0. The van der Waals surface area contributed by atoms with Crippen molar-refractivity contribution >= 4 is 5.78 Å². The quantitative estimate of drug-likeness (QED) is 0.622. The first-order valence-corrected chi connectivity index (χ1v) is 4.76. The van der Waals surface area contributed by atoms with Gasteiger partial charge in [0, 0.05) is 5.56 Å². The molecule has 1 aliphatic rings. The summed E-state index contributed by atoms with van der Waals surface area (Å²) >= 11 is 0. The van der Waals surface area contributed by atoms with Gasteiger partial charge in [-0.25, -0.2) is 0 Å². The first-order chi connectivity index (χ1) is 6.74. The first-order valence-electron chi connectivity index (χ1n) is 4.76. The van der Waals surface area contributed by atoms with Gasteiger partial charge in [-0.2, -0.15) is 5.26 Å². The number of aryl methyl sites for hydroxylation is 1. The minimum Gasteiger partial charge on any atom is -0.293 e. The van der Waals surface area contributed by atoms with Crippen molar-refractivity contribution in [2.24, 2.45) is 5.92 Å². The monoisotopic (exact) mass is 185 g/mol. The van der Waals surface area contributed by atoms with Gasteiger partial charge in [0.1, 0.15) is 5.92 Å². The summed E-state index contributed by atoms with van der Waals surface area (Å²) in [6.07, 6.45) is 1.53. The van der Waals surface area contributed by atoms with E-state index >= 15 is 0 Å². The number of nitriles is 1. The van der Waals surface area contributed by atoms with E-state index in [2.05, 4.69) is 6.07 Å². The Hall–Kier alpha value is -1.62. The van der Waals surface area contributed by atoms with Crippen LogP contribution in [0.2, 0.25) is 0 Å². The number of carbonyl (C=O) groups is 1. The topological polar surface area (TPSA) is 40.9 Å². The van der Waals surface area contributed by atoms with Crippen molar-refractivity contribution in [1.29, 1.82) is 5.26 Å². The molecule has 0 bridgehead atoms. The molecule has 1 atom stereocenters. The second-order valence-corrected chi connectivity index (χ2v) is 3.69. The molecule has 1 aromatic rings. The van der Waals surface area contributed by atoms with Gasteiger partial charge in [0.2, 0.25) is 0 Å². The van der Waals surface area contributed by atoms with E-state index in [1.54, 1.807) is 0 Å². The molecule has 0 heterocycles. The standard InChI is InChI=1S/C12H11NO/c1-8-3-2-4-11-10(8)6-5-9(7-13)12(11)14/h2-4,9H,5-6H2,1H3. The molecule has 0 radical (unpaired) electrons. The Bertz CT molecular complexity index is 428. The number of ketones is 1. The lowest BCUT2D eigenvalue weighted by Crippen LogP contribution is -2.21. The number of nitrogens with zero attached hydrogens (tertiary/aromatic N) is 1. The molecule has 2 heteroatoms. The molecule has 0 N–H and O–H groups in total. The van der Waals surface area contributed by atoms with Crippen molar-refractivity contribution in [3.05, 3.63) is 34.9 Å². The molecule has 70 valence electrons. The third-order valence-electron chi connectivity index (χ3n) is 2.83. The van der Waals surface area contributed by atoms with Gasteiger partial charge in [-0.15, -0.1) is 0 Å². The molecule has 0 aromatic heterocycles. The lowest BCUT2D eigenvalue weighted by Gasteiger charge is -2.19. The zero-order valence-electron chi connectivity index (χ0n) is 8.08. The van der Waals surface area contributed by atoms with Crippen LogP contribution in [0.3, 0.4) is 0 Å². The Kier molecular flexibility index (Phi) is 2.09. The largest absolute Gasteiger partial charge is 0.293 e. The summed E-state index contributed by atoms with van der Waals surface area (Å²) in [5.41, 5.74) is 3.04. The predicted octanol–water partition coefficient (Wildman–Crippen LogP) is 2.26. The van der Waals surface area contributed by atoms with Crippen molar-refractivity contribution in [2.75, 3.05) is 0 Å². The van der Waals surface area contributed by atoms with E-state index < -0.39 is 5.92 Å². The highest BCUT2D eigenvalue weighted by Crippen LogP contribution is 2.27. The molecule has 14 heavy (non-hydrogen) atoms. The lowest BCUT2D eigenvalue weighted by molar-refractivity contribution is 0.0934. The molecule has 2 rings (SSSR count). The molecular formula is C12H11NO. The van der Waals surface area contributed by atoms with Crippen LogP contribution in [0, 0.1) is 24.2 Å². The molecule has 0 amide bonds. The molecule has 1 unspecified atom stereocenters. The number of hydrogen-bond acceptors (Lipinski definition) is 2. The van der Waals surface area contributed by atoms with Crippen LogP contribution in [0.5, 0.6) is 0 Å². The first kappa shape index (κ1) is 8.96. The summed E-state index contributed by atoms with van der Waals surface area (Å²) < 4.78 is 0. The summed E-state index contributed by atoms with van der Waals surface area (Å²) in [5.74, 6) is -0.429. The van der Waals surface area contributed by atoms with Gasteiger partial charge in [-0.1, -0.05) is 18.2 Å². The Morgan fingerprint density at radius 2 is 2.29 bits per heavy atom. The highest BCUT2D eigenvalue weighted by atomic mass is 16.1. The number of carbonyl (C=O) groups excluding carboxylic acids is 1. The van der Waals surface area contributed by atoms with Crippen molar-refractivity contribution in [3.63, 3.8) is 0 Å². The van der Waals surface area contributed by atoms with Crippen molar-refractivity contribution in [1.82, 2.24) is 0 Å². The zero-order chi connectivity index (χ0) is 10.1. The highest BCUT2D eigenvalue weighted by Gasteiger charge is 2.27. The molecule has 0 saturated carbocycles. The summed E-state index contributed by atoms with van der Waals surface area (Å²) in [6, 6.07) is 7.79. The number of Topliss-reactive ketones (excluding diaryl/α,β-unsaturated/α-hetero) is 1. The normalized spacial score (nSPS) is 20.0. The van der Waals surface area contributed by atoms with Crippen LogP contribution in [-0.2, 0) is 6.42 Å². The minimum absolute atomic E-state index is 0.00236. The van der Waals surface area contributed by atoms with Gasteiger partial charge in [0.15, 0.2) is 5.78 Å². The summed E-state index contributed by atoms with van der Waals surface area (Å²) in [5, 5.41) is 8.79. The fourth-order valence-corrected chi connectivity index (χ4v) is 2.00. The second kappa shape index (κ2) is 3.26. The molecular weight excluding hydrogens is 174 g/mol. The van der Waals surface area contributed by atoms with E-state index in [4.69, 9.17) is 5.26 Å². The third-order valence-corrected chi connectivity index (χ3v) is 2.83. The maximum atomic E-state index is 11.8. The maximum absolute atomic E-state index is 11.8. The van der Waals surface area contributed by atoms with E-state index in [0.717, 1.165) is 23.1 Å². The van der Waals surface area contributed by atoms with Crippen LogP contribution in [0.15, 0.2) is 18.2 Å². The fraction of sp³-hybridized carbons (Fsp3) is 0.333. The van der Waals surface area contributed by atoms with E-state index in [1.165, 1.54) is 0 Å². The van der Waals surface area contributed by atoms with Crippen LogP contribution in [0.1, 0.15) is 27.9 Å². The van der Waals surface area contributed by atoms with Crippen LogP contribution in [-0.4, -0.2) is 5.78 Å². The van der Waals surface area contributed by atoms with Gasteiger partial charge in [-0.05, 0) is 30.9 Å².